The molecular formula is C17H29NO. The second-order valence-corrected chi connectivity index (χ2v) is 5.71. The number of benzene rings is 1. The van der Waals surface area contributed by atoms with Crippen molar-refractivity contribution in [3.05, 3.63) is 29.3 Å². The van der Waals surface area contributed by atoms with Gasteiger partial charge in [-0.25, -0.2) is 0 Å². The highest BCUT2D eigenvalue weighted by Crippen LogP contribution is 2.34. The van der Waals surface area contributed by atoms with Crippen molar-refractivity contribution in [1.82, 2.24) is 5.32 Å². The van der Waals surface area contributed by atoms with Gasteiger partial charge in [0, 0.05) is 18.0 Å². The molecule has 0 aliphatic heterocycles. The fourth-order valence-corrected chi connectivity index (χ4v) is 2.56. The molecule has 0 saturated heterocycles. The molecule has 2 heteroatoms. The van der Waals surface area contributed by atoms with Crippen molar-refractivity contribution in [2.24, 2.45) is 0 Å². The Bertz CT molecular complexity index is 394. The SMILES string of the molecule is CCC(CC)(CNC(C)C)c1ccc(C)c(OC)c1. The molecule has 0 heterocycles. The predicted octanol–water partition coefficient (Wildman–Crippen LogP) is 4.06. The highest BCUT2D eigenvalue weighted by molar-refractivity contribution is 5.40. The van der Waals surface area contributed by atoms with E-state index in [2.05, 4.69) is 58.1 Å². The zero-order chi connectivity index (χ0) is 14.5. The Labute approximate surface area is 118 Å². The Morgan fingerprint density at radius 3 is 2.32 bits per heavy atom. The van der Waals surface area contributed by atoms with Crippen LogP contribution in [0.3, 0.4) is 0 Å². The number of methoxy groups -OCH3 is 1. The van der Waals surface area contributed by atoms with Gasteiger partial charge in [-0.1, -0.05) is 39.8 Å². The second kappa shape index (κ2) is 6.95. The summed E-state index contributed by atoms with van der Waals surface area (Å²) in [7, 11) is 1.75. The first-order chi connectivity index (χ1) is 8.99. The summed E-state index contributed by atoms with van der Waals surface area (Å²) in [5, 5.41) is 3.60. The molecule has 1 aromatic carbocycles. The number of aryl methyl sites for hydroxylation is 1. The van der Waals surface area contributed by atoms with Gasteiger partial charge in [0.25, 0.3) is 0 Å². The van der Waals surface area contributed by atoms with Crippen molar-refractivity contribution in [2.75, 3.05) is 13.7 Å². The van der Waals surface area contributed by atoms with Gasteiger partial charge in [-0.15, -0.1) is 0 Å². The molecular weight excluding hydrogens is 234 g/mol. The molecule has 0 amide bonds. The van der Waals surface area contributed by atoms with Crippen LogP contribution in [-0.2, 0) is 5.41 Å². The average Bonchev–Trinajstić information content (AvgIpc) is 2.41. The smallest absolute Gasteiger partial charge is 0.122 e. The van der Waals surface area contributed by atoms with Gasteiger partial charge >= 0.3 is 0 Å². The molecule has 0 radical (unpaired) electrons. The molecule has 2 nitrogen and oxygen atoms in total. The molecule has 0 atom stereocenters. The van der Waals surface area contributed by atoms with Gasteiger partial charge in [0.2, 0.25) is 0 Å². The lowest BCUT2D eigenvalue weighted by Crippen LogP contribution is -2.40. The lowest BCUT2D eigenvalue weighted by atomic mass is 9.75. The molecule has 0 aliphatic rings. The third kappa shape index (κ3) is 3.73. The van der Waals surface area contributed by atoms with Crippen LogP contribution >= 0.6 is 0 Å². The number of hydrogen-bond donors (Lipinski definition) is 1. The molecule has 1 rings (SSSR count). The number of nitrogens with one attached hydrogen (secondary N) is 1. The minimum Gasteiger partial charge on any atom is -0.496 e. The van der Waals surface area contributed by atoms with Crippen molar-refractivity contribution in [1.29, 1.82) is 0 Å². The maximum absolute atomic E-state index is 5.47. The Hall–Kier alpha value is -1.02. The van der Waals surface area contributed by atoms with E-state index >= 15 is 0 Å². The molecule has 108 valence electrons. The zero-order valence-electron chi connectivity index (χ0n) is 13.3. The fraction of sp³-hybridized carbons (Fsp3) is 0.647. The quantitative estimate of drug-likeness (QED) is 0.801. The summed E-state index contributed by atoms with van der Waals surface area (Å²) >= 11 is 0. The average molecular weight is 263 g/mol. The van der Waals surface area contributed by atoms with Crippen LogP contribution < -0.4 is 10.1 Å². The molecule has 1 aromatic rings. The highest BCUT2D eigenvalue weighted by atomic mass is 16.5. The molecule has 19 heavy (non-hydrogen) atoms. The fourth-order valence-electron chi connectivity index (χ4n) is 2.56. The molecule has 0 unspecified atom stereocenters. The van der Waals surface area contributed by atoms with Crippen molar-refractivity contribution in [3.63, 3.8) is 0 Å². The first kappa shape index (κ1) is 16.0. The van der Waals surface area contributed by atoms with Crippen LogP contribution in [0.5, 0.6) is 5.75 Å². The van der Waals surface area contributed by atoms with Gasteiger partial charge < -0.3 is 10.1 Å². The standard InChI is InChI=1S/C17H29NO/c1-7-17(8-2,12-18-13(3)4)15-10-9-14(5)16(11-15)19-6/h9-11,13,18H,7-8,12H2,1-6H3. The topological polar surface area (TPSA) is 21.3 Å². The number of rotatable bonds is 7. The third-order valence-electron chi connectivity index (χ3n) is 4.22. The van der Waals surface area contributed by atoms with Crippen molar-refractivity contribution < 1.29 is 4.74 Å². The van der Waals surface area contributed by atoms with Gasteiger partial charge in [-0.05, 0) is 37.0 Å². The molecule has 0 aliphatic carbocycles. The van der Waals surface area contributed by atoms with Crippen LogP contribution in [0, 0.1) is 6.92 Å². The summed E-state index contributed by atoms with van der Waals surface area (Å²) in [6, 6.07) is 7.16. The molecule has 0 aromatic heterocycles. The molecule has 0 bridgehead atoms. The summed E-state index contributed by atoms with van der Waals surface area (Å²) < 4.78 is 5.47. The number of hydrogen-bond acceptors (Lipinski definition) is 2. The Balaban J connectivity index is 3.10. The summed E-state index contributed by atoms with van der Waals surface area (Å²) in [4.78, 5) is 0. The Morgan fingerprint density at radius 2 is 1.84 bits per heavy atom. The van der Waals surface area contributed by atoms with Gasteiger partial charge in [-0.2, -0.15) is 0 Å². The van der Waals surface area contributed by atoms with Crippen molar-refractivity contribution >= 4 is 0 Å². The maximum atomic E-state index is 5.47. The van der Waals surface area contributed by atoms with Crippen LogP contribution in [-0.4, -0.2) is 19.7 Å². The lowest BCUT2D eigenvalue weighted by Gasteiger charge is -2.34. The van der Waals surface area contributed by atoms with E-state index in [1.165, 1.54) is 11.1 Å². The summed E-state index contributed by atoms with van der Waals surface area (Å²) in [6.07, 6.45) is 2.27. The van der Waals surface area contributed by atoms with E-state index in [1.807, 2.05) is 0 Å². The number of ether oxygens (including phenoxy) is 1. The second-order valence-electron chi connectivity index (χ2n) is 5.71. The monoisotopic (exact) mass is 263 g/mol. The maximum Gasteiger partial charge on any atom is 0.122 e. The lowest BCUT2D eigenvalue weighted by molar-refractivity contribution is 0.351. The Morgan fingerprint density at radius 1 is 1.21 bits per heavy atom. The van der Waals surface area contributed by atoms with E-state index in [-0.39, 0.29) is 5.41 Å². The van der Waals surface area contributed by atoms with E-state index in [4.69, 9.17) is 4.74 Å². The first-order valence-corrected chi connectivity index (χ1v) is 7.37. The van der Waals surface area contributed by atoms with Crippen molar-refractivity contribution in [2.45, 2.75) is 58.9 Å². The highest BCUT2D eigenvalue weighted by Gasteiger charge is 2.29. The summed E-state index contributed by atoms with van der Waals surface area (Å²) in [5.41, 5.74) is 2.78. The zero-order valence-corrected chi connectivity index (χ0v) is 13.3. The van der Waals surface area contributed by atoms with E-state index in [0.717, 1.165) is 25.1 Å². The molecule has 0 saturated carbocycles. The summed E-state index contributed by atoms with van der Waals surface area (Å²) in [5.74, 6) is 0.994. The predicted molar refractivity (Wildman–Crippen MR) is 83.1 cm³/mol. The third-order valence-corrected chi connectivity index (χ3v) is 4.22. The van der Waals surface area contributed by atoms with Gasteiger partial charge in [0.1, 0.15) is 5.75 Å². The minimum atomic E-state index is 0.200. The van der Waals surface area contributed by atoms with Crippen LogP contribution in [0.4, 0.5) is 0 Å². The van der Waals surface area contributed by atoms with Gasteiger partial charge in [0.15, 0.2) is 0 Å². The van der Waals surface area contributed by atoms with Crippen LogP contribution in [0.25, 0.3) is 0 Å². The molecule has 1 N–H and O–H groups in total. The van der Waals surface area contributed by atoms with E-state index in [1.54, 1.807) is 7.11 Å². The Kier molecular flexibility index (Phi) is 5.86. The van der Waals surface area contributed by atoms with Gasteiger partial charge in [0.05, 0.1) is 7.11 Å². The van der Waals surface area contributed by atoms with E-state index in [9.17, 15) is 0 Å². The largest absolute Gasteiger partial charge is 0.496 e. The summed E-state index contributed by atoms with van der Waals surface area (Å²) in [6.45, 7) is 12.1. The minimum absolute atomic E-state index is 0.200. The molecule has 0 fully saturated rings. The van der Waals surface area contributed by atoms with Gasteiger partial charge in [-0.3, -0.25) is 0 Å². The van der Waals surface area contributed by atoms with Crippen LogP contribution in [0.1, 0.15) is 51.7 Å². The molecule has 0 spiro atoms. The first-order valence-electron chi connectivity index (χ1n) is 7.37. The van der Waals surface area contributed by atoms with Crippen molar-refractivity contribution in [3.8, 4) is 5.75 Å². The van der Waals surface area contributed by atoms with Crippen LogP contribution in [0.2, 0.25) is 0 Å². The normalized spacial score (nSPS) is 11.9. The van der Waals surface area contributed by atoms with Crippen LogP contribution in [0.15, 0.2) is 18.2 Å². The van der Waals surface area contributed by atoms with E-state index < -0.39 is 0 Å². The van der Waals surface area contributed by atoms with E-state index in [0.29, 0.717) is 6.04 Å².